The summed E-state index contributed by atoms with van der Waals surface area (Å²) >= 11 is 3.19. The van der Waals surface area contributed by atoms with Crippen molar-refractivity contribution < 1.29 is 19.5 Å². The zero-order valence-electron chi connectivity index (χ0n) is 10.6. The molecule has 108 valence electrons. The summed E-state index contributed by atoms with van der Waals surface area (Å²) in [7, 11) is 0. The lowest BCUT2D eigenvalue weighted by Gasteiger charge is -2.14. The third-order valence-corrected chi connectivity index (χ3v) is 2.84. The van der Waals surface area contributed by atoms with Crippen LogP contribution in [0.3, 0.4) is 0 Å². The molecular weight excluding hydrogens is 330 g/mol. The number of hydrogen-bond acceptors (Lipinski definition) is 3. The molecule has 1 unspecified atom stereocenters. The van der Waals surface area contributed by atoms with Crippen LogP contribution in [0, 0.1) is 0 Å². The number of amides is 3. The molecule has 1 aromatic carbocycles. The average molecular weight is 344 g/mol. The number of carbonyl (C=O) groups excluding carboxylic acids is 2. The van der Waals surface area contributed by atoms with E-state index in [-0.39, 0.29) is 17.7 Å². The first-order valence-electron chi connectivity index (χ1n) is 5.68. The number of carbonyl (C=O) groups is 3. The SMILES string of the molecule is CC(CC(N)=O)NC(=O)Nc1cc(Br)ccc1C(=O)O. The molecule has 7 nitrogen and oxygen atoms in total. The van der Waals surface area contributed by atoms with Crippen LogP contribution in [0.4, 0.5) is 10.5 Å². The highest BCUT2D eigenvalue weighted by atomic mass is 79.9. The van der Waals surface area contributed by atoms with Gasteiger partial charge < -0.3 is 21.5 Å². The number of halogens is 1. The van der Waals surface area contributed by atoms with Crippen LogP contribution in [-0.4, -0.2) is 29.1 Å². The highest BCUT2D eigenvalue weighted by molar-refractivity contribution is 9.10. The lowest BCUT2D eigenvalue weighted by molar-refractivity contribution is -0.118. The number of rotatable bonds is 5. The fraction of sp³-hybridized carbons (Fsp3) is 0.250. The Morgan fingerprint density at radius 2 is 2.05 bits per heavy atom. The van der Waals surface area contributed by atoms with Crippen molar-refractivity contribution in [2.45, 2.75) is 19.4 Å². The second-order valence-corrected chi connectivity index (χ2v) is 5.08. The number of anilines is 1. The van der Waals surface area contributed by atoms with Crippen LogP contribution in [0.25, 0.3) is 0 Å². The molecule has 0 radical (unpaired) electrons. The van der Waals surface area contributed by atoms with Gasteiger partial charge >= 0.3 is 12.0 Å². The van der Waals surface area contributed by atoms with Crippen molar-refractivity contribution in [3.8, 4) is 0 Å². The Bertz CT molecular complexity index is 548. The van der Waals surface area contributed by atoms with Gasteiger partial charge in [-0.1, -0.05) is 15.9 Å². The highest BCUT2D eigenvalue weighted by Crippen LogP contribution is 2.21. The van der Waals surface area contributed by atoms with E-state index in [1.807, 2.05) is 0 Å². The van der Waals surface area contributed by atoms with E-state index in [9.17, 15) is 14.4 Å². The molecule has 0 fully saturated rings. The van der Waals surface area contributed by atoms with Gasteiger partial charge in [0.15, 0.2) is 0 Å². The molecule has 0 aromatic heterocycles. The number of aromatic carboxylic acids is 1. The molecule has 0 aliphatic carbocycles. The highest BCUT2D eigenvalue weighted by Gasteiger charge is 2.14. The minimum absolute atomic E-state index is 0.00229. The summed E-state index contributed by atoms with van der Waals surface area (Å²) in [6, 6.07) is 3.34. The molecule has 1 aromatic rings. The Morgan fingerprint density at radius 3 is 2.60 bits per heavy atom. The molecule has 1 rings (SSSR count). The largest absolute Gasteiger partial charge is 0.478 e. The quantitative estimate of drug-likeness (QED) is 0.647. The molecule has 0 saturated heterocycles. The first-order valence-corrected chi connectivity index (χ1v) is 6.47. The number of hydrogen-bond donors (Lipinski definition) is 4. The molecule has 3 amide bonds. The Morgan fingerprint density at radius 1 is 1.40 bits per heavy atom. The number of carboxylic acids is 1. The van der Waals surface area contributed by atoms with Crippen molar-refractivity contribution in [3.63, 3.8) is 0 Å². The van der Waals surface area contributed by atoms with Crippen LogP contribution < -0.4 is 16.4 Å². The number of benzene rings is 1. The maximum absolute atomic E-state index is 11.7. The Kier molecular flexibility index (Phi) is 5.51. The molecule has 1 atom stereocenters. The number of nitrogens with two attached hydrogens (primary N) is 1. The van der Waals surface area contributed by atoms with Crippen LogP contribution in [0.2, 0.25) is 0 Å². The van der Waals surface area contributed by atoms with Crippen LogP contribution in [0.1, 0.15) is 23.7 Å². The molecule has 0 bridgehead atoms. The molecule has 0 heterocycles. The average Bonchev–Trinajstić information content (AvgIpc) is 2.26. The number of carboxylic acid groups (broad SMARTS) is 1. The summed E-state index contributed by atoms with van der Waals surface area (Å²) in [4.78, 5) is 33.4. The predicted molar refractivity (Wildman–Crippen MR) is 76.5 cm³/mol. The summed E-state index contributed by atoms with van der Waals surface area (Å²) in [5.74, 6) is -1.69. The summed E-state index contributed by atoms with van der Waals surface area (Å²) < 4.78 is 0.628. The van der Waals surface area contributed by atoms with Crippen LogP contribution in [0.15, 0.2) is 22.7 Å². The van der Waals surface area contributed by atoms with Crippen LogP contribution in [0.5, 0.6) is 0 Å². The molecule has 0 saturated carbocycles. The van der Waals surface area contributed by atoms with Gasteiger partial charge in [0.05, 0.1) is 11.3 Å². The molecule has 5 N–H and O–H groups in total. The van der Waals surface area contributed by atoms with Crippen molar-refractivity contribution in [2.75, 3.05) is 5.32 Å². The molecule has 8 heteroatoms. The summed E-state index contributed by atoms with van der Waals surface area (Å²) in [6.45, 7) is 1.61. The van der Waals surface area contributed by atoms with Gasteiger partial charge in [0, 0.05) is 16.9 Å². The number of urea groups is 1. The first kappa shape index (κ1) is 16.0. The summed E-state index contributed by atoms with van der Waals surface area (Å²) in [6.07, 6.45) is -0.00229. The van der Waals surface area contributed by atoms with Crippen molar-refractivity contribution in [1.29, 1.82) is 0 Å². The van der Waals surface area contributed by atoms with E-state index in [2.05, 4.69) is 26.6 Å². The van der Waals surface area contributed by atoms with E-state index in [4.69, 9.17) is 10.8 Å². The van der Waals surface area contributed by atoms with Crippen LogP contribution in [-0.2, 0) is 4.79 Å². The molecule has 0 spiro atoms. The minimum atomic E-state index is -1.15. The Hall–Kier alpha value is -2.09. The third kappa shape index (κ3) is 4.88. The van der Waals surface area contributed by atoms with E-state index in [1.54, 1.807) is 13.0 Å². The normalized spacial score (nSPS) is 11.5. The maximum atomic E-state index is 11.7. The Labute approximate surface area is 123 Å². The van der Waals surface area contributed by atoms with Gasteiger partial charge in [-0.3, -0.25) is 4.79 Å². The number of nitrogens with one attached hydrogen (secondary N) is 2. The van der Waals surface area contributed by atoms with E-state index in [1.165, 1.54) is 12.1 Å². The van der Waals surface area contributed by atoms with Crippen molar-refractivity contribution in [3.05, 3.63) is 28.2 Å². The van der Waals surface area contributed by atoms with E-state index in [0.717, 1.165) is 0 Å². The summed E-state index contributed by atoms with van der Waals surface area (Å²) in [5.41, 5.74) is 5.12. The smallest absolute Gasteiger partial charge is 0.337 e. The third-order valence-electron chi connectivity index (χ3n) is 2.35. The van der Waals surface area contributed by atoms with Crippen LogP contribution >= 0.6 is 15.9 Å². The molecular formula is C12H14BrN3O4. The lowest BCUT2D eigenvalue weighted by Crippen LogP contribution is -2.38. The molecule has 20 heavy (non-hydrogen) atoms. The first-order chi connectivity index (χ1) is 9.29. The zero-order chi connectivity index (χ0) is 15.3. The van der Waals surface area contributed by atoms with E-state index < -0.39 is 23.9 Å². The molecule has 0 aliphatic heterocycles. The van der Waals surface area contributed by atoms with Crippen molar-refractivity contribution >= 4 is 39.5 Å². The summed E-state index contributed by atoms with van der Waals surface area (Å²) in [5, 5.41) is 13.9. The minimum Gasteiger partial charge on any atom is -0.478 e. The molecule has 0 aliphatic rings. The second-order valence-electron chi connectivity index (χ2n) is 4.17. The number of primary amides is 1. The van der Waals surface area contributed by atoms with Gasteiger partial charge in [0.1, 0.15) is 0 Å². The van der Waals surface area contributed by atoms with Crippen molar-refractivity contribution in [1.82, 2.24) is 5.32 Å². The second kappa shape index (κ2) is 6.90. The maximum Gasteiger partial charge on any atom is 0.337 e. The topological polar surface area (TPSA) is 122 Å². The van der Waals surface area contributed by atoms with Gasteiger partial charge in [0.2, 0.25) is 5.91 Å². The fourth-order valence-electron chi connectivity index (χ4n) is 1.54. The zero-order valence-corrected chi connectivity index (χ0v) is 12.2. The van der Waals surface area contributed by atoms with E-state index >= 15 is 0 Å². The van der Waals surface area contributed by atoms with Gasteiger partial charge in [-0.2, -0.15) is 0 Å². The van der Waals surface area contributed by atoms with Gasteiger partial charge in [-0.05, 0) is 25.1 Å². The standard InChI is InChI=1S/C12H14BrN3O4/c1-6(4-10(14)17)15-12(20)16-9-5-7(13)2-3-8(9)11(18)19/h2-3,5-6H,4H2,1H3,(H2,14,17)(H,18,19)(H2,15,16,20). The predicted octanol–water partition coefficient (Wildman–Crippen LogP) is 1.53. The van der Waals surface area contributed by atoms with Crippen molar-refractivity contribution in [2.24, 2.45) is 5.73 Å². The van der Waals surface area contributed by atoms with Gasteiger partial charge in [-0.25, -0.2) is 9.59 Å². The van der Waals surface area contributed by atoms with Gasteiger partial charge in [0.25, 0.3) is 0 Å². The van der Waals surface area contributed by atoms with Gasteiger partial charge in [-0.15, -0.1) is 0 Å². The monoisotopic (exact) mass is 343 g/mol. The fourth-order valence-corrected chi connectivity index (χ4v) is 1.90. The Balaban J connectivity index is 2.77. The van der Waals surface area contributed by atoms with E-state index in [0.29, 0.717) is 4.47 Å². The lowest BCUT2D eigenvalue weighted by atomic mass is 10.2.